The predicted molar refractivity (Wildman–Crippen MR) is 70.2 cm³/mol. The number of carboxylic acids is 1. The van der Waals surface area contributed by atoms with E-state index in [2.05, 4.69) is 26.2 Å². The molecule has 0 saturated heterocycles. The number of aliphatic carboxylic acids is 1. The number of carboxylic acid groups (broad SMARTS) is 1. The van der Waals surface area contributed by atoms with Gasteiger partial charge in [0.05, 0.1) is 0 Å². The minimum atomic E-state index is -0.836. The molecular weight excluding hydrogens is 284 g/mol. The number of benzene rings is 1. The number of rotatable bonds is 4. The Kier molecular flexibility index (Phi) is 3.49. The molecule has 1 heterocycles. The molecule has 0 unspecified atom stereocenters. The lowest BCUT2D eigenvalue weighted by Crippen LogP contribution is -2.35. The number of nitrogens with one attached hydrogen (secondary N) is 2. The lowest BCUT2D eigenvalue weighted by atomic mass is 10.1. The van der Waals surface area contributed by atoms with E-state index in [4.69, 9.17) is 5.11 Å². The average molecular weight is 297 g/mol. The molecule has 0 aliphatic rings. The lowest BCUT2D eigenvalue weighted by molar-refractivity contribution is -0.139. The Labute approximate surface area is 107 Å². The van der Waals surface area contributed by atoms with Gasteiger partial charge in [-0.05, 0) is 30.8 Å². The number of hydrogen-bond acceptors (Lipinski definition) is 2. The van der Waals surface area contributed by atoms with E-state index in [1.807, 2.05) is 24.4 Å². The molecule has 2 rings (SSSR count). The van der Waals surface area contributed by atoms with Crippen LogP contribution in [-0.4, -0.2) is 29.1 Å². The zero-order chi connectivity index (χ0) is 12.4. The molecule has 2 aromatic rings. The van der Waals surface area contributed by atoms with E-state index in [1.54, 1.807) is 7.05 Å². The molecule has 90 valence electrons. The van der Waals surface area contributed by atoms with Gasteiger partial charge in [0, 0.05) is 28.0 Å². The summed E-state index contributed by atoms with van der Waals surface area (Å²) in [5.41, 5.74) is 2.02. The summed E-state index contributed by atoms with van der Waals surface area (Å²) in [6.07, 6.45) is 2.33. The van der Waals surface area contributed by atoms with Gasteiger partial charge >= 0.3 is 5.97 Å². The molecule has 0 fully saturated rings. The summed E-state index contributed by atoms with van der Waals surface area (Å²) in [4.78, 5) is 14.1. The van der Waals surface area contributed by atoms with E-state index < -0.39 is 12.0 Å². The molecule has 0 saturated carbocycles. The maximum atomic E-state index is 11.0. The second-order valence-corrected chi connectivity index (χ2v) is 4.80. The average Bonchev–Trinajstić information content (AvgIpc) is 2.68. The van der Waals surface area contributed by atoms with Crippen molar-refractivity contribution in [1.29, 1.82) is 0 Å². The van der Waals surface area contributed by atoms with Crippen LogP contribution in [-0.2, 0) is 11.2 Å². The van der Waals surface area contributed by atoms with Gasteiger partial charge in [-0.3, -0.25) is 4.79 Å². The second kappa shape index (κ2) is 4.89. The van der Waals surface area contributed by atoms with Crippen molar-refractivity contribution in [2.24, 2.45) is 0 Å². The smallest absolute Gasteiger partial charge is 0.321 e. The van der Waals surface area contributed by atoms with Crippen LogP contribution in [0.3, 0.4) is 0 Å². The third kappa shape index (κ3) is 2.50. The van der Waals surface area contributed by atoms with Crippen molar-refractivity contribution in [3.63, 3.8) is 0 Å². The van der Waals surface area contributed by atoms with Crippen molar-refractivity contribution in [2.45, 2.75) is 12.5 Å². The van der Waals surface area contributed by atoms with Crippen LogP contribution in [0, 0.1) is 0 Å². The van der Waals surface area contributed by atoms with Gasteiger partial charge < -0.3 is 15.4 Å². The standard InChI is InChI=1S/C12H13BrN2O2/c1-14-11(12(16)17)4-7-6-15-10-3-2-8(13)5-9(7)10/h2-3,5-6,11,14-15H,4H2,1H3,(H,16,17)/t11-/m0/s1. The third-order valence-corrected chi connectivity index (χ3v) is 3.29. The SMILES string of the molecule is CN[C@@H](Cc1c[nH]c2ccc(Br)cc12)C(=O)O. The van der Waals surface area contributed by atoms with Crippen LogP contribution in [0.2, 0.25) is 0 Å². The molecule has 1 atom stereocenters. The first-order valence-electron chi connectivity index (χ1n) is 5.27. The summed E-state index contributed by atoms with van der Waals surface area (Å²) >= 11 is 3.42. The Morgan fingerprint density at radius 3 is 3.00 bits per heavy atom. The first-order chi connectivity index (χ1) is 8.11. The molecule has 4 nitrogen and oxygen atoms in total. The minimum Gasteiger partial charge on any atom is -0.480 e. The monoisotopic (exact) mass is 296 g/mol. The van der Waals surface area contributed by atoms with Crippen LogP contribution in [0.15, 0.2) is 28.9 Å². The van der Waals surface area contributed by atoms with Crippen molar-refractivity contribution in [1.82, 2.24) is 10.3 Å². The quantitative estimate of drug-likeness (QED) is 0.810. The number of aromatic amines is 1. The number of fused-ring (bicyclic) bond motifs is 1. The highest BCUT2D eigenvalue weighted by Crippen LogP contribution is 2.23. The van der Waals surface area contributed by atoms with Crippen LogP contribution >= 0.6 is 15.9 Å². The van der Waals surface area contributed by atoms with Gasteiger partial charge in [-0.25, -0.2) is 0 Å². The first-order valence-corrected chi connectivity index (χ1v) is 6.06. The molecule has 0 spiro atoms. The maximum Gasteiger partial charge on any atom is 0.321 e. The van der Waals surface area contributed by atoms with Gasteiger partial charge in [0.2, 0.25) is 0 Å². The van der Waals surface area contributed by atoms with Gasteiger partial charge in [0.15, 0.2) is 0 Å². The Balaban J connectivity index is 2.35. The summed E-state index contributed by atoms with van der Waals surface area (Å²) in [5, 5.41) is 12.9. The van der Waals surface area contributed by atoms with E-state index in [-0.39, 0.29) is 0 Å². The van der Waals surface area contributed by atoms with Crippen LogP contribution in [0.1, 0.15) is 5.56 Å². The Hall–Kier alpha value is -1.33. The van der Waals surface area contributed by atoms with E-state index in [0.29, 0.717) is 6.42 Å². The lowest BCUT2D eigenvalue weighted by Gasteiger charge is -2.10. The predicted octanol–water partition coefficient (Wildman–Crippen LogP) is 2.15. The number of H-pyrrole nitrogens is 1. The van der Waals surface area contributed by atoms with Crippen LogP contribution in [0.4, 0.5) is 0 Å². The van der Waals surface area contributed by atoms with Gasteiger partial charge in [-0.2, -0.15) is 0 Å². The van der Waals surface area contributed by atoms with Crippen molar-refractivity contribution in [3.05, 3.63) is 34.4 Å². The van der Waals surface area contributed by atoms with Crippen molar-refractivity contribution < 1.29 is 9.90 Å². The molecule has 0 bridgehead atoms. The van der Waals surface area contributed by atoms with Crippen molar-refractivity contribution in [2.75, 3.05) is 7.05 Å². The highest BCUT2D eigenvalue weighted by Gasteiger charge is 2.17. The molecule has 0 radical (unpaired) electrons. The van der Waals surface area contributed by atoms with Gasteiger partial charge in [0.25, 0.3) is 0 Å². The van der Waals surface area contributed by atoms with E-state index in [0.717, 1.165) is 20.9 Å². The fourth-order valence-electron chi connectivity index (χ4n) is 1.85. The fourth-order valence-corrected chi connectivity index (χ4v) is 2.21. The summed E-state index contributed by atoms with van der Waals surface area (Å²) in [5.74, 6) is -0.836. The Morgan fingerprint density at radius 2 is 2.35 bits per heavy atom. The molecule has 3 N–H and O–H groups in total. The summed E-state index contributed by atoms with van der Waals surface area (Å²) < 4.78 is 0.988. The molecule has 17 heavy (non-hydrogen) atoms. The summed E-state index contributed by atoms with van der Waals surface area (Å²) in [7, 11) is 1.66. The van der Waals surface area contributed by atoms with Crippen LogP contribution < -0.4 is 5.32 Å². The molecule has 0 amide bonds. The second-order valence-electron chi connectivity index (χ2n) is 3.89. The van der Waals surface area contributed by atoms with Crippen molar-refractivity contribution >= 4 is 32.8 Å². The van der Waals surface area contributed by atoms with E-state index in [1.165, 1.54) is 0 Å². The molecule has 0 aliphatic heterocycles. The van der Waals surface area contributed by atoms with Crippen LogP contribution in [0.5, 0.6) is 0 Å². The van der Waals surface area contributed by atoms with E-state index in [9.17, 15) is 4.79 Å². The summed E-state index contributed by atoms with van der Waals surface area (Å²) in [6, 6.07) is 5.36. The van der Waals surface area contributed by atoms with Gasteiger partial charge in [-0.1, -0.05) is 15.9 Å². The minimum absolute atomic E-state index is 0.461. The topological polar surface area (TPSA) is 65.1 Å². The zero-order valence-electron chi connectivity index (χ0n) is 9.33. The number of likely N-dealkylation sites (N-methyl/N-ethyl adjacent to an activating group) is 1. The normalized spacial score (nSPS) is 12.8. The third-order valence-electron chi connectivity index (χ3n) is 2.80. The number of hydrogen-bond donors (Lipinski definition) is 3. The van der Waals surface area contributed by atoms with Gasteiger partial charge in [-0.15, -0.1) is 0 Å². The Bertz CT molecular complexity index is 550. The fraction of sp³-hybridized carbons (Fsp3) is 0.250. The molecule has 1 aromatic carbocycles. The number of aromatic nitrogens is 1. The molecule has 0 aliphatic carbocycles. The number of halogens is 1. The van der Waals surface area contributed by atoms with E-state index >= 15 is 0 Å². The highest BCUT2D eigenvalue weighted by atomic mass is 79.9. The van der Waals surface area contributed by atoms with Gasteiger partial charge in [0.1, 0.15) is 6.04 Å². The molecule has 1 aromatic heterocycles. The summed E-state index contributed by atoms with van der Waals surface area (Å²) in [6.45, 7) is 0. The Morgan fingerprint density at radius 1 is 1.59 bits per heavy atom. The van der Waals surface area contributed by atoms with Crippen LogP contribution in [0.25, 0.3) is 10.9 Å². The number of carbonyl (C=O) groups is 1. The largest absolute Gasteiger partial charge is 0.480 e. The maximum absolute atomic E-state index is 11.0. The molecule has 5 heteroatoms. The first kappa shape index (κ1) is 12.1. The highest BCUT2D eigenvalue weighted by molar-refractivity contribution is 9.10. The molecular formula is C12H13BrN2O2. The van der Waals surface area contributed by atoms with Crippen molar-refractivity contribution in [3.8, 4) is 0 Å². The zero-order valence-corrected chi connectivity index (χ0v) is 10.9.